The second-order valence-electron chi connectivity index (χ2n) is 6.97. The first-order valence-corrected chi connectivity index (χ1v) is 8.91. The molecule has 3 heterocycles. The van der Waals surface area contributed by atoms with E-state index in [2.05, 4.69) is 20.1 Å². The van der Waals surface area contributed by atoms with Crippen molar-refractivity contribution in [2.75, 3.05) is 13.1 Å². The van der Waals surface area contributed by atoms with Crippen molar-refractivity contribution in [3.8, 4) is 0 Å². The summed E-state index contributed by atoms with van der Waals surface area (Å²) in [5, 5.41) is 3.94. The van der Waals surface area contributed by atoms with Gasteiger partial charge in [0.2, 0.25) is 11.8 Å². The van der Waals surface area contributed by atoms with E-state index in [9.17, 15) is 4.79 Å². The van der Waals surface area contributed by atoms with Crippen molar-refractivity contribution in [2.45, 2.75) is 58.3 Å². The first-order valence-electron chi connectivity index (χ1n) is 8.91. The van der Waals surface area contributed by atoms with E-state index < -0.39 is 0 Å². The van der Waals surface area contributed by atoms with E-state index in [-0.39, 0.29) is 17.7 Å². The van der Waals surface area contributed by atoms with Gasteiger partial charge in [0.05, 0.1) is 11.4 Å². The molecule has 7 heteroatoms. The van der Waals surface area contributed by atoms with Crippen molar-refractivity contribution in [3.63, 3.8) is 0 Å². The summed E-state index contributed by atoms with van der Waals surface area (Å²) in [7, 11) is 0. The Kier molecular flexibility index (Phi) is 5.40. The van der Waals surface area contributed by atoms with Gasteiger partial charge in [0.1, 0.15) is 0 Å². The molecule has 1 saturated heterocycles. The number of nitrogens with zero attached hydrogens (tertiary/aromatic N) is 5. The Bertz CT molecular complexity index is 728. The molecule has 0 N–H and O–H groups in total. The highest BCUT2D eigenvalue weighted by Crippen LogP contribution is 2.25. The maximum atomic E-state index is 12.6. The Morgan fingerprint density at radius 1 is 1.36 bits per heavy atom. The van der Waals surface area contributed by atoms with Gasteiger partial charge in [-0.15, -0.1) is 0 Å². The van der Waals surface area contributed by atoms with Gasteiger partial charge in [-0.3, -0.25) is 14.8 Å². The average Bonchev–Trinajstić information content (AvgIpc) is 3.09. The van der Waals surface area contributed by atoms with Gasteiger partial charge in [-0.25, -0.2) is 0 Å². The Hall–Kier alpha value is -2.31. The number of aromatic nitrogens is 4. The number of carbonyl (C=O) groups is 1. The SMILES string of the molecule is Cc1cncc([C@@H]2CCCN(C(=O)CCc3nc(C(C)C)no3)C2)n1. The lowest BCUT2D eigenvalue weighted by Gasteiger charge is -2.32. The molecule has 0 bridgehead atoms. The van der Waals surface area contributed by atoms with Crippen LogP contribution >= 0.6 is 0 Å². The summed E-state index contributed by atoms with van der Waals surface area (Å²) < 4.78 is 5.22. The van der Waals surface area contributed by atoms with E-state index in [4.69, 9.17) is 4.52 Å². The monoisotopic (exact) mass is 343 g/mol. The molecule has 0 unspecified atom stereocenters. The van der Waals surface area contributed by atoms with E-state index in [1.54, 1.807) is 6.20 Å². The van der Waals surface area contributed by atoms with Crippen molar-refractivity contribution < 1.29 is 9.32 Å². The number of aryl methyl sites for hydroxylation is 2. The van der Waals surface area contributed by atoms with Crippen molar-refractivity contribution in [3.05, 3.63) is 35.5 Å². The maximum Gasteiger partial charge on any atom is 0.227 e. The molecule has 1 fully saturated rings. The van der Waals surface area contributed by atoms with Crippen LogP contribution in [0.1, 0.15) is 68.0 Å². The molecule has 0 aromatic carbocycles. The van der Waals surface area contributed by atoms with Gasteiger partial charge in [-0.05, 0) is 19.8 Å². The van der Waals surface area contributed by atoms with Crippen LogP contribution in [0.4, 0.5) is 0 Å². The van der Waals surface area contributed by atoms with Crippen LogP contribution in [0.3, 0.4) is 0 Å². The van der Waals surface area contributed by atoms with E-state index in [0.29, 0.717) is 31.1 Å². The summed E-state index contributed by atoms with van der Waals surface area (Å²) >= 11 is 0. The molecule has 7 nitrogen and oxygen atoms in total. The van der Waals surface area contributed by atoms with Crippen LogP contribution in [0.2, 0.25) is 0 Å². The Morgan fingerprint density at radius 2 is 2.20 bits per heavy atom. The third-order valence-corrected chi connectivity index (χ3v) is 4.52. The molecule has 1 aliphatic rings. The van der Waals surface area contributed by atoms with Crippen LogP contribution < -0.4 is 0 Å². The second-order valence-corrected chi connectivity index (χ2v) is 6.97. The van der Waals surface area contributed by atoms with Gasteiger partial charge in [0, 0.05) is 50.2 Å². The van der Waals surface area contributed by atoms with Gasteiger partial charge < -0.3 is 9.42 Å². The first-order chi connectivity index (χ1) is 12.0. The quantitative estimate of drug-likeness (QED) is 0.829. The van der Waals surface area contributed by atoms with E-state index in [1.807, 2.05) is 31.9 Å². The highest BCUT2D eigenvalue weighted by Gasteiger charge is 2.26. The van der Waals surface area contributed by atoms with Crippen LogP contribution in [0.25, 0.3) is 0 Å². The standard InChI is InChI=1S/C18H25N5O2/c1-12(2)18-21-16(25-22-18)6-7-17(24)23-8-4-5-14(11-23)15-10-19-9-13(3)20-15/h9-10,12,14H,4-8,11H2,1-3H3/t14-/m1/s1. The molecule has 2 aromatic rings. The molecular formula is C18H25N5O2. The first kappa shape index (κ1) is 17.5. The summed E-state index contributed by atoms with van der Waals surface area (Å²) in [6.45, 7) is 7.48. The zero-order chi connectivity index (χ0) is 17.8. The third-order valence-electron chi connectivity index (χ3n) is 4.52. The molecule has 0 aliphatic carbocycles. The molecule has 1 amide bonds. The number of carbonyl (C=O) groups excluding carboxylic acids is 1. The molecule has 1 atom stereocenters. The Labute approximate surface area is 147 Å². The number of rotatable bonds is 5. The van der Waals surface area contributed by atoms with Crippen molar-refractivity contribution in [2.24, 2.45) is 0 Å². The zero-order valence-electron chi connectivity index (χ0n) is 15.1. The molecule has 25 heavy (non-hydrogen) atoms. The second kappa shape index (κ2) is 7.72. The predicted molar refractivity (Wildman–Crippen MR) is 92.0 cm³/mol. The van der Waals surface area contributed by atoms with Crippen LogP contribution in [0.5, 0.6) is 0 Å². The Morgan fingerprint density at radius 3 is 2.92 bits per heavy atom. The topological polar surface area (TPSA) is 85.0 Å². The normalized spacial score (nSPS) is 17.9. The fourth-order valence-electron chi connectivity index (χ4n) is 3.10. The predicted octanol–water partition coefficient (Wildman–Crippen LogP) is 2.63. The van der Waals surface area contributed by atoms with Gasteiger partial charge >= 0.3 is 0 Å². The highest BCUT2D eigenvalue weighted by molar-refractivity contribution is 5.76. The van der Waals surface area contributed by atoms with Gasteiger partial charge in [0.15, 0.2) is 5.82 Å². The number of piperidine rings is 1. The molecule has 3 rings (SSSR count). The summed E-state index contributed by atoms with van der Waals surface area (Å²) in [6, 6.07) is 0. The minimum Gasteiger partial charge on any atom is -0.342 e. The number of amides is 1. The van der Waals surface area contributed by atoms with Crippen LogP contribution in [0.15, 0.2) is 16.9 Å². The van der Waals surface area contributed by atoms with Crippen molar-refractivity contribution >= 4 is 5.91 Å². The summed E-state index contributed by atoms with van der Waals surface area (Å²) in [4.78, 5) is 27.6. The summed E-state index contributed by atoms with van der Waals surface area (Å²) in [5.41, 5.74) is 1.90. The smallest absolute Gasteiger partial charge is 0.227 e. The molecule has 134 valence electrons. The molecule has 2 aromatic heterocycles. The van der Waals surface area contributed by atoms with Gasteiger partial charge in [-0.1, -0.05) is 19.0 Å². The lowest BCUT2D eigenvalue weighted by molar-refractivity contribution is -0.132. The van der Waals surface area contributed by atoms with Crippen LogP contribution in [-0.4, -0.2) is 44.0 Å². The lowest BCUT2D eigenvalue weighted by Crippen LogP contribution is -2.39. The molecular weight excluding hydrogens is 318 g/mol. The molecule has 0 radical (unpaired) electrons. The fraction of sp³-hybridized carbons (Fsp3) is 0.611. The van der Waals surface area contributed by atoms with Gasteiger partial charge in [0.25, 0.3) is 0 Å². The van der Waals surface area contributed by atoms with E-state index >= 15 is 0 Å². The third kappa shape index (κ3) is 4.41. The number of hydrogen-bond donors (Lipinski definition) is 0. The molecule has 0 spiro atoms. The van der Waals surface area contributed by atoms with Gasteiger partial charge in [-0.2, -0.15) is 4.98 Å². The molecule has 1 aliphatic heterocycles. The fourth-order valence-corrected chi connectivity index (χ4v) is 3.10. The van der Waals surface area contributed by atoms with E-state index in [0.717, 1.165) is 30.8 Å². The average molecular weight is 343 g/mol. The van der Waals surface area contributed by atoms with Crippen LogP contribution in [0, 0.1) is 6.92 Å². The minimum absolute atomic E-state index is 0.134. The van der Waals surface area contributed by atoms with Crippen molar-refractivity contribution in [1.29, 1.82) is 0 Å². The summed E-state index contributed by atoms with van der Waals surface area (Å²) in [5.74, 6) is 1.86. The number of likely N-dealkylation sites (tertiary alicyclic amines) is 1. The lowest BCUT2D eigenvalue weighted by atomic mass is 9.94. The maximum absolute atomic E-state index is 12.6. The molecule has 0 saturated carbocycles. The largest absolute Gasteiger partial charge is 0.342 e. The Balaban J connectivity index is 1.56. The van der Waals surface area contributed by atoms with Crippen molar-refractivity contribution in [1.82, 2.24) is 25.0 Å². The van der Waals surface area contributed by atoms with E-state index in [1.165, 1.54) is 0 Å². The minimum atomic E-state index is 0.134. The summed E-state index contributed by atoms with van der Waals surface area (Å²) in [6.07, 6.45) is 6.49. The zero-order valence-corrected chi connectivity index (χ0v) is 15.1. The highest BCUT2D eigenvalue weighted by atomic mass is 16.5. The van der Waals surface area contributed by atoms with Crippen LogP contribution in [-0.2, 0) is 11.2 Å². The number of hydrogen-bond acceptors (Lipinski definition) is 6.